The van der Waals surface area contributed by atoms with Crippen LogP contribution in [0.25, 0.3) is 0 Å². The van der Waals surface area contributed by atoms with Gasteiger partial charge in [-0.05, 0) is 0 Å². The van der Waals surface area contributed by atoms with Gasteiger partial charge in [-0.2, -0.15) is 4.31 Å². The molecular formula is C5H21N3O7P2. The Balaban J connectivity index is -0.000000282. The zero-order chi connectivity index (χ0) is 11.2. The third-order valence-corrected chi connectivity index (χ3v) is 4.01. The van der Waals surface area contributed by atoms with E-state index in [2.05, 4.69) is 24.5 Å². The number of hydrogen-bond acceptors (Lipinski definition) is 9. The molecule has 2 atom stereocenters. The first-order valence-electron chi connectivity index (χ1n) is 3.40. The molecule has 0 aliphatic rings. The number of phosphoric ester groups is 2. The molecule has 0 aliphatic carbocycles. The zero-order valence-corrected chi connectivity index (χ0v) is 11.7. The first-order valence-corrected chi connectivity index (χ1v) is 6.36. The molecular weight excluding hydrogens is 276 g/mol. The summed E-state index contributed by atoms with van der Waals surface area (Å²) in [4.78, 5) is 8.84. The fraction of sp³-hybridized carbons (Fsp3) is 0.600. The van der Waals surface area contributed by atoms with Crippen LogP contribution in [-0.2, 0) is 27.0 Å². The van der Waals surface area contributed by atoms with E-state index in [0.717, 1.165) is 14.2 Å². The molecule has 0 aromatic carbocycles. The Bertz CT molecular complexity index is 287. The quantitative estimate of drug-likeness (QED) is 0.399. The van der Waals surface area contributed by atoms with Crippen LogP contribution in [0.15, 0.2) is 12.7 Å². The third kappa shape index (κ3) is 10.7. The average Bonchev–Trinajstić information content (AvgIpc) is 2.14. The monoisotopic (exact) mass is 297 g/mol. The molecule has 17 heavy (non-hydrogen) atoms. The van der Waals surface area contributed by atoms with Gasteiger partial charge in [-0.3, -0.25) is 13.6 Å². The summed E-state index contributed by atoms with van der Waals surface area (Å²) in [5.74, 6) is 0. The Morgan fingerprint density at radius 1 is 1.18 bits per heavy atom. The second-order valence-electron chi connectivity index (χ2n) is 1.95. The van der Waals surface area contributed by atoms with Crippen LogP contribution in [0.5, 0.6) is 0 Å². The van der Waals surface area contributed by atoms with Crippen LogP contribution in [0.1, 0.15) is 0 Å². The van der Waals surface area contributed by atoms with Crippen molar-refractivity contribution in [1.29, 1.82) is 0 Å². The van der Waals surface area contributed by atoms with Crippen molar-refractivity contribution in [2.45, 2.75) is 0 Å². The molecule has 2 unspecified atom stereocenters. The predicted octanol–water partition coefficient (Wildman–Crippen LogP) is 2.19. The van der Waals surface area contributed by atoms with E-state index >= 15 is 0 Å². The molecule has 12 heteroatoms. The normalized spacial score (nSPS) is 16.2. The molecule has 0 heterocycles. The van der Waals surface area contributed by atoms with Crippen LogP contribution in [0.3, 0.4) is 0 Å². The molecule has 0 aromatic rings. The SMILES string of the molecule is C=CCOP(=O)(OC)OP(=O)(O)OC.N.N.N. The molecule has 0 saturated carbocycles. The molecule has 0 fully saturated rings. The molecule has 0 bridgehead atoms. The summed E-state index contributed by atoms with van der Waals surface area (Å²) in [7, 11) is -6.52. The minimum Gasteiger partial charge on any atom is -0.344 e. The Morgan fingerprint density at radius 2 is 1.65 bits per heavy atom. The van der Waals surface area contributed by atoms with Gasteiger partial charge >= 0.3 is 15.6 Å². The van der Waals surface area contributed by atoms with Crippen molar-refractivity contribution < 1.29 is 31.9 Å². The summed E-state index contributed by atoms with van der Waals surface area (Å²) < 4.78 is 39.4. The molecule has 0 aliphatic heterocycles. The maximum Gasteiger partial charge on any atom is 0.483 e. The first-order chi connectivity index (χ1) is 6.39. The summed E-state index contributed by atoms with van der Waals surface area (Å²) in [6.45, 7) is 3.15. The fourth-order valence-corrected chi connectivity index (χ4v) is 2.54. The van der Waals surface area contributed by atoms with Crippen molar-refractivity contribution in [3.63, 3.8) is 0 Å². The van der Waals surface area contributed by atoms with E-state index in [1.807, 2.05) is 0 Å². The summed E-state index contributed by atoms with van der Waals surface area (Å²) in [5.41, 5.74) is 0. The summed E-state index contributed by atoms with van der Waals surface area (Å²) in [5, 5.41) is 0. The first kappa shape index (κ1) is 25.7. The van der Waals surface area contributed by atoms with Gasteiger partial charge in [0.1, 0.15) is 0 Å². The molecule has 10 nitrogen and oxygen atoms in total. The fourth-order valence-electron chi connectivity index (χ4n) is 0.413. The van der Waals surface area contributed by atoms with Crippen molar-refractivity contribution in [1.82, 2.24) is 18.5 Å². The van der Waals surface area contributed by atoms with E-state index in [1.165, 1.54) is 6.08 Å². The number of hydrogen-bond donors (Lipinski definition) is 4. The van der Waals surface area contributed by atoms with Gasteiger partial charge in [0.25, 0.3) is 0 Å². The number of phosphoric acid groups is 2. The standard InChI is InChI=1S/C5H12O7P2.3H3N/c1-4-5-11-14(8,10-3)12-13(6,7)9-2;;;/h4H,1,5H2,2-3H3,(H,6,7);3*1H3. The molecule has 0 aromatic heterocycles. The third-order valence-electron chi connectivity index (χ3n) is 1.01. The highest BCUT2D eigenvalue weighted by atomic mass is 31.3. The molecule has 10 N–H and O–H groups in total. The van der Waals surface area contributed by atoms with Gasteiger partial charge in [-0.25, -0.2) is 9.13 Å². The summed E-state index contributed by atoms with van der Waals surface area (Å²) >= 11 is 0. The van der Waals surface area contributed by atoms with Crippen LogP contribution >= 0.6 is 15.6 Å². The van der Waals surface area contributed by atoms with Gasteiger partial charge < -0.3 is 23.3 Å². The molecule has 0 amide bonds. The lowest BCUT2D eigenvalue weighted by molar-refractivity contribution is 0.161. The van der Waals surface area contributed by atoms with Crippen molar-refractivity contribution in [2.75, 3.05) is 20.8 Å². The topological polar surface area (TPSA) is 196 Å². The summed E-state index contributed by atoms with van der Waals surface area (Å²) in [6.07, 6.45) is 1.28. The van der Waals surface area contributed by atoms with E-state index in [9.17, 15) is 9.13 Å². The molecule has 108 valence electrons. The lowest BCUT2D eigenvalue weighted by Gasteiger charge is -2.16. The Kier molecular flexibility index (Phi) is 16.6. The Morgan fingerprint density at radius 3 is 1.94 bits per heavy atom. The highest BCUT2D eigenvalue weighted by Crippen LogP contribution is 2.62. The van der Waals surface area contributed by atoms with Crippen molar-refractivity contribution >= 4 is 15.6 Å². The highest BCUT2D eigenvalue weighted by Gasteiger charge is 2.36. The lowest BCUT2D eigenvalue weighted by atomic mass is 10.7. The van der Waals surface area contributed by atoms with Crippen LogP contribution in [0.4, 0.5) is 0 Å². The van der Waals surface area contributed by atoms with Gasteiger partial charge in [0.15, 0.2) is 0 Å². The van der Waals surface area contributed by atoms with E-state index < -0.39 is 15.6 Å². The van der Waals surface area contributed by atoms with Gasteiger partial charge in [0, 0.05) is 14.2 Å². The van der Waals surface area contributed by atoms with E-state index in [-0.39, 0.29) is 25.1 Å². The molecule has 0 saturated heterocycles. The van der Waals surface area contributed by atoms with Gasteiger partial charge in [0.2, 0.25) is 0 Å². The van der Waals surface area contributed by atoms with Crippen LogP contribution in [-0.4, -0.2) is 25.7 Å². The zero-order valence-electron chi connectivity index (χ0n) is 9.90. The second-order valence-corrected chi connectivity index (χ2v) is 5.42. The van der Waals surface area contributed by atoms with Crippen LogP contribution < -0.4 is 18.5 Å². The van der Waals surface area contributed by atoms with E-state index in [1.54, 1.807) is 0 Å². The van der Waals surface area contributed by atoms with Crippen molar-refractivity contribution in [3.8, 4) is 0 Å². The van der Waals surface area contributed by atoms with Crippen LogP contribution in [0, 0.1) is 0 Å². The average molecular weight is 297 g/mol. The van der Waals surface area contributed by atoms with Gasteiger partial charge in [-0.1, -0.05) is 6.08 Å². The Labute approximate surface area is 100 Å². The summed E-state index contributed by atoms with van der Waals surface area (Å²) in [6, 6.07) is 0. The second kappa shape index (κ2) is 11.0. The minimum absolute atomic E-state index is 0. The smallest absolute Gasteiger partial charge is 0.344 e. The number of rotatable bonds is 7. The van der Waals surface area contributed by atoms with Gasteiger partial charge in [-0.15, -0.1) is 6.58 Å². The van der Waals surface area contributed by atoms with Crippen LogP contribution in [0.2, 0.25) is 0 Å². The molecule has 0 radical (unpaired) electrons. The molecule has 0 spiro atoms. The lowest BCUT2D eigenvalue weighted by Crippen LogP contribution is -1.97. The molecule has 0 rings (SSSR count). The largest absolute Gasteiger partial charge is 0.483 e. The maximum absolute atomic E-state index is 11.4. The van der Waals surface area contributed by atoms with E-state index in [0.29, 0.717) is 0 Å². The maximum atomic E-state index is 11.4. The van der Waals surface area contributed by atoms with Crippen molar-refractivity contribution in [2.24, 2.45) is 0 Å². The van der Waals surface area contributed by atoms with Crippen molar-refractivity contribution in [3.05, 3.63) is 12.7 Å². The van der Waals surface area contributed by atoms with E-state index in [4.69, 9.17) is 4.89 Å². The minimum atomic E-state index is -4.40. The van der Waals surface area contributed by atoms with Gasteiger partial charge in [0.05, 0.1) is 6.61 Å². The Hall–Kier alpha value is -0.120. The highest BCUT2D eigenvalue weighted by molar-refractivity contribution is 7.61. The predicted molar refractivity (Wildman–Crippen MR) is 63.8 cm³/mol.